The zero-order chi connectivity index (χ0) is 20.1. The summed E-state index contributed by atoms with van der Waals surface area (Å²) in [6, 6.07) is 13.6. The summed E-state index contributed by atoms with van der Waals surface area (Å²) in [6.07, 6.45) is 0. The lowest BCUT2D eigenvalue weighted by molar-refractivity contribution is -0.885. The van der Waals surface area contributed by atoms with Crippen LogP contribution in [0.5, 0.6) is 11.5 Å². The van der Waals surface area contributed by atoms with Gasteiger partial charge in [-0.3, -0.25) is 4.79 Å². The number of quaternary nitrogens is 1. The summed E-state index contributed by atoms with van der Waals surface area (Å²) >= 11 is 5.93. The van der Waals surface area contributed by atoms with Gasteiger partial charge >= 0.3 is 0 Å². The summed E-state index contributed by atoms with van der Waals surface area (Å²) in [6.45, 7) is 6.49. The first kappa shape index (κ1) is 20.5. The Labute approximate surface area is 171 Å². The molecule has 6 heteroatoms. The molecule has 28 heavy (non-hydrogen) atoms. The number of amides is 1. The maximum atomic E-state index is 12.7. The predicted molar refractivity (Wildman–Crippen MR) is 110 cm³/mol. The van der Waals surface area contributed by atoms with Crippen LogP contribution in [-0.4, -0.2) is 32.7 Å². The van der Waals surface area contributed by atoms with Crippen LogP contribution in [0.15, 0.2) is 42.5 Å². The summed E-state index contributed by atoms with van der Waals surface area (Å²) in [5, 5.41) is 3.91. The summed E-state index contributed by atoms with van der Waals surface area (Å²) in [5.74, 6) is 1.79. The fourth-order valence-corrected chi connectivity index (χ4v) is 3.53. The van der Waals surface area contributed by atoms with Gasteiger partial charge in [0.15, 0.2) is 18.0 Å². The number of ether oxygens (including phenoxy) is 2. The molecule has 0 fully saturated rings. The summed E-state index contributed by atoms with van der Waals surface area (Å²) in [5.41, 5.74) is 2.19. The van der Waals surface area contributed by atoms with Crippen LogP contribution in [-0.2, 0) is 11.3 Å². The van der Waals surface area contributed by atoms with Crippen molar-refractivity contribution in [3.05, 3.63) is 58.6 Å². The molecule has 2 aromatic carbocycles. The molecule has 2 N–H and O–H groups in total. The molecule has 2 aromatic rings. The lowest BCUT2D eigenvalue weighted by Gasteiger charge is -2.26. The van der Waals surface area contributed by atoms with Crippen molar-refractivity contribution in [3.63, 3.8) is 0 Å². The molecular formula is C22H28ClN2O3+. The fraction of sp³-hybridized carbons (Fsp3) is 0.409. The number of likely N-dealkylation sites (N-methyl/N-ethyl adjacent to an activating group) is 1. The van der Waals surface area contributed by atoms with Crippen molar-refractivity contribution >= 4 is 17.5 Å². The van der Waals surface area contributed by atoms with Crippen LogP contribution in [0.2, 0.25) is 5.02 Å². The molecule has 0 spiro atoms. The molecule has 0 bridgehead atoms. The van der Waals surface area contributed by atoms with Gasteiger partial charge in [-0.15, -0.1) is 0 Å². The molecule has 1 unspecified atom stereocenters. The fourth-order valence-electron chi connectivity index (χ4n) is 3.40. The average molecular weight is 404 g/mol. The van der Waals surface area contributed by atoms with E-state index in [1.54, 1.807) is 0 Å². The Morgan fingerprint density at radius 1 is 1.11 bits per heavy atom. The van der Waals surface area contributed by atoms with Gasteiger partial charge in [0, 0.05) is 10.6 Å². The minimum atomic E-state index is -0.0772. The van der Waals surface area contributed by atoms with E-state index < -0.39 is 0 Å². The van der Waals surface area contributed by atoms with E-state index in [0.29, 0.717) is 19.8 Å². The molecule has 3 rings (SSSR count). The second-order valence-corrected chi connectivity index (χ2v) is 8.07. The van der Waals surface area contributed by atoms with Crippen molar-refractivity contribution in [2.45, 2.75) is 26.4 Å². The van der Waals surface area contributed by atoms with E-state index in [4.69, 9.17) is 21.1 Å². The Hall–Kier alpha value is -2.24. The Morgan fingerprint density at radius 3 is 2.46 bits per heavy atom. The van der Waals surface area contributed by atoms with Crippen molar-refractivity contribution in [1.29, 1.82) is 0 Å². The van der Waals surface area contributed by atoms with Gasteiger partial charge in [0.1, 0.15) is 19.8 Å². The second-order valence-electron chi connectivity index (χ2n) is 7.63. The Bertz CT molecular complexity index is 808. The number of carbonyl (C=O) groups excluding carboxylic acids is 1. The van der Waals surface area contributed by atoms with Crippen molar-refractivity contribution in [1.82, 2.24) is 5.32 Å². The maximum absolute atomic E-state index is 12.7. The third kappa shape index (κ3) is 5.40. The number of fused-ring (bicyclic) bond motifs is 1. The smallest absolute Gasteiger partial charge is 0.275 e. The first-order valence-electron chi connectivity index (χ1n) is 9.67. The molecule has 150 valence electrons. The number of rotatable bonds is 7. The quantitative estimate of drug-likeness (QED) is 0.747. The Morgan fingerprint density at radius 2 is 1.79 bits per heavy atom. The van der Waals surface area contributed by atoms with Crippen LogP contribution < -0.4 is 19.7 Å². The maximum Gasteiger partial charge on any atom is 0.275 e. The highest BCUT2D eigenvalue weighted by atomic mass is 35.5. The molecule has 1 aliphatic heterocycles. The van der Waals surface area contributed by atoms with E-state index in [2.05, 4.69) is 19.2 Å². The molecular weight excluding hydrogens is 376 g/mol. The van der Waals surface area contributed by atoms with Crippen LogP contribution >= 0.6 is 11.6 Å². The lowest BCUT2D eigenvalue weighted by atomic mass is 9.95. The minimum Gasteiger partial charge on any atom is -0.486 e. The standard InChI is InChI=1S/C22H27ClN2O3/c1-15(2)22(17-6-9-19-20(12-17)28-11-10-27-19)24-21(26)14-25(3)13-16-4-7-18(23)8-5-16/h4-9,12,15,22H,10-11,13-14H2,1-3H3,(H,24,26)/p+1/t22-/m0/s1. The summed E-state index contributed by atoms with van der Waals surface area (Å²) in [4.78, 5) is 13.8. The van der Waals surface area contributed by atoms with Gasteiger partial charge in [0.2, 0.25) is 0 Å². The van der Waals surface area contributed by atoms with Gasteiger partial charge in [0.05, 0.1) is 13.1 Å². The topological polar surface area (TPSA) is 52.0 Å². The number of benzene rings is 2. The van der Waals surface area contributed by atoms with Crippen LogP contribution in [0.3, 0.4) is 0 Å². The zero-order valence-electron chi connectivity index (χ0n) is 16.6. The number of carbonyl (C=O) groups is 1. The molecule has 1 aliphatic rings. The Balaban J connectivity index is 1.62. The van der Waals surface area contributed by atoms with Crippen molar-refractivity contribution < 1.29 is 19.2 Å². The molecule has 0 aliphatic carbocycles. The molecule has 0 radical (unpaired) electrons. The number of hydrogen-bond donors (Lipinski definition) is 2. The number of hydrogen-bond acceptors (Lipinski definition) is 3. The van der Waals surface area contributed by atoms with Crippen LogP contribution in [0.25, 0.3) is 0 Å². The van der Waals surface area contributed by atoms with E-state index in [0.717, 1.165) is 39.1 Å². The van der Waals surface area contributed by atoms with E-state index in [-0.39, 0.29) is 17.9 Å². The van der Waals surface area contributed by atoms with Crippen LogP contribution in [0.4, 0.5) is 0 Å². The average Bonchev–Trinajstić information content (AvgIpc) is 2.67. The SMILES string of the molecule is CC(C)[C@H](NC(=O)C[NH+](C)Cc1ccc(Cl)cc1)c1ccc2c(c1)OCCO2. The van der Waals surface area contributed by atoms with Crippen molar-refractivity contribution in [2.75, 3.05) is 26.8 Å². The Kier molecular flexibility index (Phi) is 6.81. The normalized spacial score (nSPS) is 15.2. The number of halogens is 1. The third-order valence-corrected chi connectivity index (χ3v) is 5.04. The molecule has 1 amide bonds. The third-order valence-electron chi connectivity index (χ3n) is 4.79. The van der Waals surface area contributed by atoms with Gasteiger partial charge < -0.3 is 19.7 Å². The van der Waals surface area contributed by atoms with E-state index >= 15 is 0 Å². The second kappa shape index (κ2) is 9.30. The van der Waals surface area contributed by atoms with Gasteiger partial charge in [-0.05, 0) is 35.7 Å². The first-order chi connectivity index (χ1) is 13.4. The molecule has 1 heterocycles. The molecule has 0 aromatic heterocycles. The largest absolute Gasteiger partial charge is 0.486 e. The first-order valence-corrected chi connectivity index (χ1v) is 10.0. The van der Waals surface area contributed by atoms with E-state index in [1.807, 2.05) is 49.5 Å². The van der Waals surface area contributed by atoms with E-state index in [9.17, 15) is 4.79 Å². The summed E-state index contributed by atoms with van der Waals surface area (Å²) < 4.78 is 11.3. The van der Waals surface area contributed by atoms with Crippen LogP contribution in [0.1, 0.15) is 31.0 Å². The zero-order valence-corrected chi connectivity index (χ0v) is 17.4. The number of nitrogens with one attached hydrogen (secondary N) is 2. The summed E-state index contributed by atoms with van der Waals surface area (Å²) in [7, 11) is 2.02. The highest BCUT2D eigenvalue weighted by molar-refractivity contribution is 6.30. The molecule has 0 saturated heterocycles. The molecule has 5 nitrogen and oxygen atoms in total. The van der Waals surface area contributed by atoms with Crippen LogP contribution in [0, 0.1) is 5.92 Å². The van der Waals surface area contributed by atoms with E-state index in [1.165, 1.54) is 0 Å². The highest BCUT2D eigenvalue weighted by Crippen LogP contribution is 2.34. The van der Waals surface area contributed by atoms with Gasteiger partial charge in [0.25, 0.3) is 5.91 Å². The van der Waals surface area contributed by atoms with Crippen molar-refractivity contribution in [2.24, 2.45) is 5.92 Å². The molecule has 2 atom stereocenters. The van der Waals surface area contributed by atoms with Gasteiger partial charge in [-0.1, -0.05) is 43.6 Å². The van der Waals surface area contributed by atoms with Gasteiger partial charge in [-0.2, -0.15) is 0 Å². The molecule has 0 saturated carbocycles. The highest BCUT2D eigenvalue weighted by Gasteiger charge is 2.22. The minimum absolute atomic E-state index is 0.0278. The van der Waals surface area contributed by atoms with Gasteiger partial charge in [-0.25, -0.2) is 0 Å². The monoisotopic (exact) mass is 403 g/mol. The lowest BCUT2D eigenvalue weighted by Crippen LogP contribution is -3.08. The van der Waals surface area contributed by atoms with Crippen molar-refractivity contribution in [3.8, 4) is 11.5 Å². The predicted octanol–water partition coefficient (Wildman–Crippen LogP) is 2.64.